The lowest BCUT2D eigenvalue weighted by Crippen LogP contribution is -2.62. The number of rotatable bonds is 6. The number of nitro groups is 1. The summed E-state index contributed by atoms with van der Waals surface area (Å²) in [5.74, 6) is -17.3. The van der Waals surface area contributed by atoms with Gasteiger partial charge in [0.2, 0.25) is 0 Å². The standard InChI is InChI=1S/C12H4ClF11N2O4/c13-4-1-2-5(6(3-4)26(28)29)25-7(27)8(14,10(17,18)19)30-12(23,24)9(15,16)11(20,21)22/h1-3H,(H,25,27). The second-order valence-electron chi connectivity index (χ2n) is 5.16. The van der Waals surface area contributed by atoms with Gasteiger partial charge in [0.25, 0.3) is 11.6 Å². The fourth-order valence-electron chi connectivity index (χ4n) is 1.60. The number of nitrogens with zero attached hydrogens (tertiary/aromatic N) is 1. The van der Waals surface area contributed by atoms with Crippen molar-refractivity contribution in [3.05, 3.63) is 33.3 Å². The van der Waals surface area contributed by atoms with Crippen LogP contribution in [0.5, 0.6) is 0 Å². The van der Waals surface area contributed by atoms with Crippen LogP contribution < -0.4 is 5.32 Å². The van der Waals surface area contributed by atoms with E-state index in [1.807, 2.05) is 4.74 Å². The second-order valence-corrected chi connectivity index (χ2v) is 5.59. The Morgan fingerprint density at radius 3 is 1.87 bits per heavy atom. The van der Waals surface area contributed by atoms with Crippen LogP contribution in [0.2, 0.25) is 5.02 Å². The molecule has 1 aromatic carbocycles. The first kappa shape index (κ1) is 25.6. The minimum Gasteiger partial charge on any atom is -0.315 e. The lowest BCUT2D eigenvalue weighted by atomic mass is 10.2. The summed E-state index contributed by atoms with van der Waals surface area (Å²) in [6.45, 7) is 0. The zero-order chi connectivity index (χ0) is 23.9. The molecule has 0 aliphatic rings. The van der Waals surface area contributed by atoms with E-state index in [9.17, 15) is 63.2 Å². The van der Waals surface area contributed by atoms with E-state index in [1.165, 1.54) is 0 Å². The Morgan fingerprint density at radius 1 is 0.967 bits per heavy atom. The number of nitro benzene ring substituents is 1. The summed E-state index contributed by atoms with van der Waals surface area (Å²) < 4.78 is 142. The molecule has 1 atom stereocenters. The highest BCUT2D eigenvalue weighted by molar-refractivity contribution is 6.31. The summed E-state index contributed by atoms with van der Waals surface area (Å²) in [5.41, 5.74) is -2.62. The largest absolute Gasteiger partial charge is 0.462 e. The minimum atomic E-state index is -7.37. The molecule has 18 heteroatoms. The van der Waals surface area contributed by atoms with Crippen LogP contribution in [-0.2, 0) is 9.53 Å². The molecule has 1 rings (SSSR count). The maximum Gasteiger partial charge on any atom is 0.462 e. The lowest BCUT2D eigenvalue weighted by Gasteiger charge is -2.34. The zero-order valence-corrected chi connectivity index (χ0v) is 14.1. The predicted octanol–water partition coefficient (Wildman–Crippen LogP) is 5.22. The van der Waals surface area contributed by atoms with E-state index >= 15 is 0 Å². The molecule has 1 amide bonds. The molecule has 1 N–H and O–H groups in total. The minimum absolute atomic E-state index is 0.387. The van der Waals surface area contributed by atoms with Crippen molar-refractivity contribution in [3.63, 3.8) is 0 Å². The molecular weight excluding hydrogens is 481 g/mol. The Morgan fingerprint density at radius 2 is 1.47 bits per heavy atom. The Bertz CT molecular complexity index is 842. The van der Waals surface area contributed by atoms with Crippen molar-refractivity contribution in [1.29, 1.82) is 0 Å². The molecule has 170 valence electrons. The van der Waals surface area contributed by atoms with Gasteiger partial charge in [0.15, 0.2) is 0 Å². The third-order valence-corrected chi connectivity index (χ3v) is 3.29. The molecule has 0 aliphatic heterocycles. The first-order valence-electron chi connectivity index (χ1n) is 6.71. The molecule has 0 saturated carbocycles. The van der Waals surface area contributed by atoms with Crippen molar-refractivity contribution in [1.82, 2.24) is 0 Å². The lowest BCUT2D eigenvalue weighted by molar-refractivity contribution is -0.472. The Labute approximate surface area is 161 Å². The highest BCUT2D eigenvalue weighted by Gasteiger charge is 2.79. The van der Waals surface area contributed by atoms with Crippen LogP contribution in [-0.4, -0.2) is 41.1 Å². The van der Waals surface area contributed by atoms with Crippen molar-refractivity contribution in [2.45, 2.75) is 30.2 Å². The zero-order valence-electron chi connectivity index (χ0n) is 13.3. The number of benzene rings is 1. The topological polar surface area (TPSA) is 81.5 Å². The summed E-state index contributed by atoms with van der Waals surface area (Å²) in [6, 6.07) is 1.47. The number of amides is 1. The predicted molar refractivity (Wildman–Crippen MR) is 73.7 cm³/mol. The van der Waals surface area contributed by atoms with Gasteiger partial charge in [-0.15, -0.1) is 0 Å². The van der Waals surface area contributed by atoms with Crippen LogP contribution in [0.15, 0.2) is 18.2 Å². The first-order valence-corrected chi connectivity index (χ1v) is 7.08. The summed E-state index contributed by atoms with van der Waals surface area (Å²) >= 11 is 5.36. The van der Waals surface area contributed by atoms with Gasteiger partial charge < -0.3 is 5.32 Å². The van der Waals surface area contributed by atoms with Gasteiger partial charge in [-0.1, -0.05) is 11.6 Å². The van der Waals surface area contributed by atoms with Gasteiger partial charge >= 0.3 is 30.2 Å². The number of halogens is 12. The average molecular weight is 485 g/mol. The maximum absolute atomic E-state index is 14.1. The fourth-order valence-corrected chi connectivity index (χ4v) is 1.77. The van der Waals surface area contributed by atoms with Gasteiger partial charge in [-0.3, -0.25) is 19.6 Å². The molecule has 0 aromatic heterocycles. The highest BCUT2D eigenvalue weighted by Crippen LogP contribution is 2.51. The van der Waals surface area contributed by atoms with Crippen molar-refractivity contribution in [2.24, 2.45) is 0 Å². The van der Waals surface area contributed by atoms with Gasteiger partial charge in [-0.25, -0.2) is 0 Å². The number of anilines is 1. The van der Waals surface area contributed by atoms with Gasteiger partial charge in [-0.2, -0.15) is 48.3 Å². The smallest absolute Gasteiger partial charge is 0.315 e. The molecular formula is C12H4ClF11N2O4. The number of alkyl halides is 11. The van der Waals surface area contributed by atoms with Crippen molar-refractivity contribution in [2.75, 3.05) is 5.32 Å². The second kappa shape index (κ2) is 7.68. The number of nitrogens with one attached hydrogen (secondary N) is 1. The maximum atomic E-state index is 14.1. The number of hydrogen-bond acceptors (Lipinski definition) is 4. The summed E-state index contributed by atoms with van der Waals surface area (Å²) in [7, 11) is 0. The number of ether oxygens (including phenoxy) is 1. The quantitative estimate of drug-likeness (QED) is 0.341. The van der Waals surface area contributed by atoms with E-state index in [4.69, 9.17) is 11.6 Å². The van der Waals surface area contributed by atoms with Gasteiger partial charge in [0.05, 0.1) is 4.92 Å². The van der Waals surface area contributed by atoms with E-state index in [2.05, 4.69) is 0 Å². The van der Waals surface area contributed by atoms with Crippen LogP contribution in [0.3, 0.4) is 0 Å². The molecule has 0 heterocycles. The van der Waals surface area contributed by atoms with Crippen LogP contribution in [0.4, 0.5) is 59.7 Å². The third kappa shape index (κ3) is 4.66. The van der Waals surface area contributed by atoms with Gasteiger partial charge in [0.1, 0.15) is 5.69 Å². The SMILES string of the molecule is O=C(Nc1ccc(Cl)cc1[N+](=O)[O-])C(F)(OC(F)(F)C(F)(F)C(F)(F)F)C(F)(F)F. The highest BCUT2D eigenvalue weighted by atomic mass is 35.5. The molecule has 1 aromatic rings. The molecule has 0 bridgehead atoms. The molecule has 6 nitrogen and oxygen atoms in total. The Hall–Kier alpha value is -2.43. The normalized spacial score (nSPS) is 15.5. The summed E-state index contributed by atoms with van der Waals surface area (Å²) in [5, 5.41) is 11.1. The first-order chi connectivity index (χ1) is 13.2. The van der Waals surface area contributed by atoms with E-state index in [-0.39, 0.29) is 0 Å². The van der Waals surface area contributed by atoms with Gasteiger partial charge in [0, 0.05) is 11.1 Å². The number of carbonyl (C=O) groups is 1. The Kier molecular flexibility index (Phi) is 6.55. The summed E-state index contributed by atoms with van der Waals surface area (Å²) in [4.78, 5) is 20.9. The van der Waals surface area contributed by atoms with E-state index in [0.29, 0.717) is 18.2 Å². The number of carbonyl (C=O) groups excluding carboxylic acids is 1. The van der Waals surface area contributed by atoms with E-state index in [1.54, 1.807) is 0 Å². The van der Waals surface area contributed by atoms with E-state index < -0.39 is 57.5 Å². The van der Waals surface area contributed by atoms with Crippen molar-refractivity contribution in [3.8, 4) is 0 Å². The van der Waals surface area contributed by atoms with Crippen LogP contribution in [0.25, 0.3) is 0 Å². The molecule has 1 unspecified atom stereocenters. The number of hydrogen-bond donors (Lipinski definition) is 1. The summed E-state index contributed by atoms with van der Waals surface area (Å²) in [6.07, 6.45) is -21.4. The van der Waals surface area contributed by atoms with Gasteiger partial charge in [-0.05, 0) is 12.1 Å². The molecule has 0 fully saturated rings. The fraction of sp³-hybridized carbons (Fsp3) is 0.417. The van der Waals surface area contributed by atoms with Crippen molar-refractivity contribution >= 4 is 28.9 Å². The molecule has 0 saturated heterocycles. The molecule has 0 aliphatic carbocycles. The van der Waals surface area contributed by atoms with Crippen LogP contribution in [0.1, 0.15) is 0 Å². The molecule has 0 radical (unpaired) electrons. The van der Waals surface area contributed by atoms with E-state index in [0.717, 1.165) is 5.32 Å². The third-order valence-electron chi connectivity index (χ3n) is 3.05. The van der Waals surface area contributed by atoms with Crippen molar-refractivity contribution < 1.29 is 62.7 Å². The van der Waals surface area contributed by atoms with Crippen LogP contribution >= 0.6 is 11.6 Å². The molecule has 0 spiro atoms. The van der Waals surface area contributed by atoms with Crippen LogP contribution in [0, 0.1) is 10.1 Å². The molecule has 30 heavy (non-hydrogen) atoms. The Balaban J connectivity index is 3.44. The monoisotopic (exact) mass is 484 g/mol. The average Bonchev–Trinajstić information content (AvgIpc) is 2.53.